The second kappa shape index (κ2) is 7.07. The Morgan fingerprint density at radius 2 is 2.24 bits per heavy atom. The Bertz CT molecular complexity index is 374. The highest BCUT2D eigenvalue weighted by Crippen LogP contribution is 2.17. The zero-order chi connectivity index (χ0) is 12.7. The Balaban J connectivity index is 2.64. The van der Waals surface area contributed by atoms with Crippen LogP contribution in [0.1, 0.15) is 31.7 Å². The van der Waals surface area contributed by atoms with E-state index in [4.69, 9.17) is 4.74 Å². The summed E-state index contributed by atoms with van der Waals surface area (Å²) in [5.74, 6) is 0.873. The van der Waals surface area contributed by atoms with Crippen molar-refractivity contribution in [2.45, 2.75) is 33.7 Å². The summed E-state index contributed by atoms with van der Waals surface area (Å²) in [5, 5.41) is 3.27. The summed E-state index contributed by atoms with van der Waals surface area (Å²) in [7, 11) is 0. The van der Waals surface area contributed by atoms with Gasteiger partial charge < -0.3 is 10.1 Å². The zero-order valence-electron chi connectivity index (χ0n) is 11.0. The number of hydrogen-bond donors (Lipinski definition) is 1. The molecule has 0 unspecified atom stereocenters. The number of pyridine rings is 1. The fourth-order valence-electron chi connectivity index (χ4n) is 1.43. The number of rotatable bonds is 7. The molecule has 0 radical (unpaired) electrons. The van der Waals surface area contributed by atoms with Crippen molar-refractivity contribution in [3.05, 3.63) is 35.7 Å². The Hall–Kier alpha value is -1.35. The third-order valence-corrected chi connectivity index (χ3v) is 2.40. The minimum atomic E-state index is 0.666. The third-order valence-electron chi connectivity index (χ3n) is 2.40. The van der Waals surface area contributed by atoms with E-state index < -0.39 is 0 Å². The molecule has 0 saturated carbocycles. The van der Waals surface area contributed by atoms with Crippen LogP contribution in [-0.2, 0) is 6.54 Å². The lowest BCUT2D eigenvalue weighted by molar-refractivity contribution is 0.315. The highest BCUT2D eigenvalue weighted by Gasteiger charge is 2.05. The summed E-state index contributed by atoms with van der Waals surface area (Å²) < 4.78 is 5.74. The molecule has 1 N–H and O–H groups in total. The molecule has 0 amide bonds. The van der Waals surface area contributed by atoms with Crippen LogP contribution >= 0.6 is 0 Å². The van der Waals surface area contributed by atoms with Crippen molar-refractivity contribution in [2.75, 3.05) is 13.2 Å². The van der Waals surface area contributed by atoms with Crippen LogP contribution in [0.3, 0.4) is 0 Å². The minimum Gasteiger partial charge on any atom is -0.491 e. The zero-order valence-corrected chi connectivity index (χ0v) is 11.0. The summed E-state index contributed by atoms with van der Waals surface area (Å²) in [5.41, 5.74) is 3.14. The van der Waals surface area contributed by atoms with Gasteiger partial charge in [0.2, 0.25) is 0 Å². The molecule has 0 aliphatic carbocycles. The minimum absolute atomic E-state index is 0.666. The van der Waals surface area contributed by atoms with E-state index in [1.807, 2.05) is 26.0 Å². The van der Waals surface area contributed by atoms with Gasteiger partial charge in [0.05, 0.1) is 12.3 Å². The standard InChI is InChI=1S/C14H22N2O/c1-5-15-10-13-14(7-6-12(4)16-13)17-9-8-11(2)3/h6-7,15H,2,5,8-10H2,1,3-4H3. The molecule has 1 heterocycles. The highest BCUT2D eigenvalue weighted by molar-refractivity contribution is 5.29. The average molecular weight is 234 g/mol. The molecular formula is C14H22N2O. The molecule has 94 valence electrons. The fraction of sp³-hybridized carbons (Fsp3) is 0.500. The molecule has 0 fully saturated rings. The summed E-state index contributed by atoms with van der Waals surface area (Å²) in [6, 6.07) is 3.97. The van der Waals surface area contributed by atoms with Crippen LogP contribution in [0.25, 0.3) is 0 Å². The summed E-state index contributed by atoms with van der Waals surface area (Å²) in [4.78, 5) is 4.50. The normalized spacial score (nSPS) is 10.3. The predicted molar refractivity (Wildman–Crippen MR) is 71.3 cm³/mol. The number of nitrogens with zero attached hydrogens (tertiary/aromatic N) is 1. The fourth-order valence-corrected chi connectivity index (χ4v) is 1.43. The van der Waals surface area contributed by atoms with Gasteiger partial charge in [0.15, 0.2) is 0 Å². The molecule has 0 spiro atoms. The van der Waals surface area contributed by atoms with Gasteiger partial charge in [-0.25, -0.2) is 0 Å². The Morgan fingerprint density at radius 1 is 1.47 bits per heavy atom. The lowest BCUT2D eigenvalue weighted by atomic mass is 10.2. The Morgan fingerprint density at radius 3 is 2.88 bits per heavy atom. The van der Waals surface area contributed by atoms with Gasteiger partial charge in [0.25, 0.3) is 0 Å². The molecule has 0 atom stereocenters. The van der Waals surface area contributed by atoms with E-state index >= 15 is 0 Å². The van der Waals surface area contributed by atoms with Crippen molar-refractivity contribution in [1.29, 1.82) is 0 Å². The molecule has 0 bridgehead atoms. The molecule has 0 saturated heterocycles. The molecule has 0 aliphatic rings. The van der Waals surface area contributed by atoms with Gasteiger partial charge in [-0.2, -0.15) is 0 Å². The van der Waals surface area contributed by atoms with Crippen molar-refractivity contribution >= 4 is 0 Å². The van der Waals surface area contributed by atoms with Gasteiger partial charge in [-0.3, -0.25) is 4.98 Å². The summed E-state index contributed by atoms with van der Waals surface area (Å²) >= 11 is 0. The molecule has 3 nitrogen and oxygen atoms in total. The first-order valence-corrected chi connectivity index (χ1v) is 6.08. The van der Waals surface area contributed by atoms with Crippen molar-refractivity contribution < 1.29 is 4.74 Å². The van der Waals surface area contributed by atoms with Crippen LogP contribution in [0.15, 0.2) is 24.3 Å². The lowest BCUT2D eigenvalue weighted by Gasteiger charge is -2.11. The number of nitrogens with one attached hydrogen (secondary N) is 1. The molecule has 0 aliphatic heterocycles. The van der Waals surface area contributed by atoms with Gasteiger partial charge in [-0.15, -0.1) is 6.58 Å². The first-order valence-electron chi connectivity index (χ1n) is 6.08. The molecule has 0 aromatic carbocycles. The van der Waals surface area contributed by atoms with E-state index in [1.165, 1.54) is 0 Å². The molecule has 1 aromatic heterocycles. The van der Waals surface area contributed by atoms with E-state index in [0.717, 1.165) is 42.2 Å². The van der Waals surface area contributed by atoms with Gasteiger partial charge in [-0.1, -0.05) is 12.5 Å². The van der Waals surface area contributed by atoms with Crippen LogP contribution < -0.4 is 10.1 Å². The van der Waals surface area contributed by atoms with Crippen molar-refractivity contribution in [3.8, 4) is 5.75 Å². The van der Waals surface area contributed by atoms with Crippen molar-refractivity contribution in [1.82, 2.24) is 10.3 Å². The maximum Gasteiger partial charge on any atom is 0.142 e. The molecule has 1 rings (SSSR count). The number of hydrogen-bond acceptors (Lipinski definition) is 3. The quantitative estimate of drug-likeness (QED) is 0.737. The Kier molecular flexibility index (Phi) is 5.70. The monoisotopic (exact) mass is 234 g/mol. The maximum atomic E-state index is 5.74. The van der Waals surface area contributed by atoms with Crippen LogP contribution in [0.2, 0.25) is 0 Å². The number of aromatic nitrogens is 1. The van der Waals surface area contributed by atoms with Crippen molar-refractivity contribution in [3.63, 3.8) is 0 Å². The topological polar surface area (TPSA) is 34.1 Å². The van der Waals surface area contributed by atoms with Crippen LogP contribution in [0.5, 0.6) is 5.75 Å². The molecule has 1 aromatic rings. The first-order chi connectivity index (χ1) is 8.13. The van der Waals surface area contributed by atoms with Gasteiger partial charge >= 0.3 is 0 Å². The van der Waals surface area contributed by atoms with Gasteiger partial charge in [0.1, 0.15) is 5.75 Å². The lowest BCUT2D eigenvalue weighted by Crippen LogP contribution is -2.15. The second-order valence-corrected chi connectivity index (χ2v) is 4.23. The van der Waals surface area contributed by atoms with Crippen molar-refractivity contribution in [2.24, 2.45) is 0 Å². The smallest absolute Gasteiger partial charge is 0.142 e. The van der Waals surface area contributed by atoms with Crippen LogP contribution in [0, 0.1) is 6.92 Å². The summed E-state index contributed by atoms with van der Waals surface area (Å²) in [6.07, 6.45) is 0.883. The number of aryl methyl sites for hydroxylation is 1. The SMILES string of the molecule is C=C(C)CCOc1ccc(C)nc1CNCC. The third kappa shape index (κ3) is 5.00. The van der Waals surface area contributed by atoms with Crippen LogP contribution in [0.4, 0.5) is 0 Å². The molecule has 3 heteroatoms. The van der Waals surface area contributed by atoms with E-state index in [2.05, 4.69) is 23.8 Å². The number of ether oxygens (including phenoxy) is 1. The largest absolute Gasteiger partial charge is 0.491 e. The molecule has 17 heavy (non-hydrogen) atoms. The molecular weight excluding hydrogens is 212 g/mol. The Labute approximate surface area is 104 Å². The van der Waals surface area contributed by atoms with E-state index in [0.29, 0.717) is 6.61 Å². The van der Waals surface area contributed by atoms with E-state index in [1.54, 1.807) is 0 Å². The maximum absolute atomic E-state index is 5.74. The van der Waals surface area contributed by atoms with Gasteiger partial charge in [0, 0.05) is 18.7 Å². The highest BCUT2D eigenvalue weighted by atomic mass is 16.5. The van der Waals surface area contributed by atoms with E-state index in [9.17, 15) is 0 Å². The average Bonchev–Trinajstić information content (AvgIpc) is 2.28. The summed E-state index contributed by atoms with van der Waals surface area (Å²) in [6.45, 7) is 12.3. The predicted octanol–water partition coefficient (Wildman–Crippen LogP) is 2.84. The first kappa shape index (κ1) is 13.7. The second-order valence-electron chi connectivity index (χ2n) is 4.23. The van der Waals surface area contributed by atoms with Crippen LogP contribution in [-0.4, -0.2) is 18.1 Å². The van der Waals surface area contributed by atoms with E-state index in [-0.39, 0.29) is 0 Å². The van der Waals surface area contributed by atoms with Gasteiger partial charge in [-0.05, 0) is 32.5 Å².